The smallest absolute Gasteiger partial charge is 0.369 e. The number of fused-ring (bicyclic) bond motifs is 1. The highest BCUT2D eigenvalue weighted by Crippen LogP contribution is 2.41. The Balaban J connectivity index is 2.07. The number of benzene rings is 1. The Bertz CT molecular complexity index is 1100. The van der Waals surface area contributed by atoms with Gasteiger partial charge < -0.3 is 10.7 Å². The number of alkyl halides is 3. The van der Waals surface area contributed by atoms with E-state index in [4.69, 9.17) is 5.73 Å². The molecule has 4 aromatic rings. The number of hydrogen-bond donors (Lipinski definition) is 3. The fraction of sp³-hybridized carbons (Fsp3) is 0.133. The van der Waals surface area contributed by atoms with Crippen LogP contribution in [0.2, 0.25) is 0 Å². The van der Waals surface area contributed by atoms with E-state index in [1.54, 1.807) is 6.07 Å². The highest BCUT2D eigenvalue weighted by atomic mass is 19.4. The number of hydrogen-bond acceptors (Lipinski definition) is 6. The molecule has 8 nitrogen and oxygen atoms in total. The lowest BCUT2D eigenvalue weighted by Gasteiger charge is -2.16. The number of imidazole rings is 1. The zero-order valence-electron chi connectivity index (χ0n) is 13.3. The summed E-state index contributed by atoms with van der Waals surface area (Å²) in [6, 6.07) is 4.07. The molecular weight excluding hydrogens is 349 g/mol. The number of aromatic amines is 2. The van der Waals surface area contributed by atoms with Crippen molar-refractivity contribution < 1.29 is 13.2 Å². The molecule has 3 aromatic heterocycles. The van der Waals surface area contributed by atoms with E-state index in [2.05, 4.69) is 35.6 Å². The van der Waals surface area contributed by atoms with Gasteiger partial charge in [0.15, 0.2) is 17.4 Å². The lowest BCUT2D eigenvalue weighted by atomic mass is 9.92. The molecule has 26 heavy (non-hydrogen) atoms. The Kier molecular flexibility index (Phi) is 3.39. The van der Waals surface area contributed by atoms with E-state index in [-0.39, 0.29) is 22.9 Å². The molecule has 4 N–H and O–H groups in total. The number of nitrogens with zero attached hydrogens (tertiary/aromatic N) is 5. The Morgan fingerprint density at radius 3 is 2.62 bits per heavy atom. The van der Waals surface area contributed by atoms with Crippen LogP contribution in [-0.4, -0.2) is 35.6 Å². The molecule has 0 bridgehead atoms. The van der Waals surface area contributed by atoms with Crippen molar-refractivity contribution in [2.24, 2.45) is 0 Å². The minimum absolute atomic E-state index is 0.00556. The number of nitrogen functional groups attached to an aromatic ring is 1. The molecule has 1 aromatic carbocycles. The lowest BCUT2D eigenvalue weighted by molar-refractivity contribution is -0.138. The van der Waals surface area contributed by atoms with Crippen LogP contribution in [0.25, 0.3) is 33.7 Å². The number of aromatic nitrogens is 7. The molecule has 3 heterocycles. The summed E-state index contributed by atoms with van der Waals surface area (Å²) in [6.07, 6.45) is -3.00. The molecule has 0 amide bonds. The molecule has 0 unspecified atom stereocenters. The summed E-state index contributed by atoms with van der Waals surface area (Å²) in [5.74, 6) is 0.285. The molecular formula is C15H11F3N8. The van der Waals surface area contributed by atoms with E-state index in [0.717, 1.165) is 6.07 Å². The first-order valence-corrected chi connectivity index (χ1v) is 7.41. The van der Waals surface area contributed by atoms with Gasteiger partial charge >= 0.3 is 6.18 Å². The molecule has 0 aliphatic carbocycles. The number of H-pyrrole nitrogens is 2. The summed E-state index contributed by atoms with van der Waals surface area (Å²) in [7, 11) is 0. The summed E-state index contributed by atoms with van der Waals surface area (Å²) in [5, 5.41) is 13.3. The maximum atomic E-state index is 13.4. The van der Waals surface area contributed by atoms with Crippen LogP contribution in [0.1, 0.15) is 11.1 Å². The van der Waals surface area contributed by atoms with Crippen molar-refractivity contribution in [3.8, 4) is 22.5 Å². The highest BCUT2D eigenvalue weighted by Gasteiger charge is 2.34. The van der Waals surface area contributed by atoms with Gasteiger partial charge in [0.2, 0.25) is 0 Å². The van der Waals surface area contributed by atoms with Crippen molar-refractivity contribution in [3.63, 3.8) is 0 Å². The molecule has 0 radical (unpaired) electrons. The molecule has 0 saturated heterocycles. The van der Waals surface area contributed by atoms with Gasteiger partial charge in [-0.15, -0.1) is 5.10 Å². The number of halogens is 3. The van der Waals surface area contributed by atoms with Crippen LogP contribution in [0, 0.1) is 6.92 Å². The summed E-state index contributed by atoms with van der Waals surface area (Å²) in [5.41, 5.74) is 7.12. The fourth-order valence-corrected chi connectivity index (χ4v) is 2.97. The van der Waals surface area contributed by atoms with Crippen molar-refractivity contribution in [1.29, 1.82) is 0 Å². The van der Waals surface area contributed by atoms with Crippen LogP contribution >= 0.6 is 0 Å². The minimum atomic E-state index is -4.50. The Hall–Kier alpha value is -3.50. The Morgan fingerprint density at radius 1 is 1.12 bits per heavy atom. The number of tetrazole rings is 1. The van der Waals surface area contributed by atoms with Crippen LogP contribution in [0.15, 0.2) is 24.4 Å². The van der Waals surface area contributed by atoms with Crippen LogP contribution in [0.5, 0.6) is 0 Å². The number of rotatable bonds is 2. The molecule has 0 fully saturated rings. The molecule has 0 aliphatic rings. The standard InChI is InChI=1S/C15H11F3N8/c1-6-9(15(16,17)18)3-2-7(10(6)12-23-25-26-24-12)8-4-5-20-13-11(8)21-14(19)22-13/h2-5H,1H3,(H3,19,20,21,22)(H,23,24,25,26). The van der Waals surface area contributed by atoms with E-state index in [0.29, 0.717) is 22.3 Å². The molecule has 11 heteroatoms. The van der Waals surface area contributed by atoms with E-state index in [1.165, 1.54) is 19.2 Å². The maximum absolute atomic E-state index is 13.4. The summed E-state index contributed by atoms with van der Waals surface area (Å²) < 4.78 is 40.1. The summed E-state index contributed by atoms with van der Waals surface area (Å²) in [6.45, 7) is 1.38. The van der Waals surface area contributed by atoms with Crippen molar-refractivity contribution in [2.75, 3.05) is 5.73 Å². The second kappa shape index (κ2) is 5.51. The lowest BCUT2D eigenvalue weighted by Crippen LogP contribution is -2.09. The van der Waals surface area contributed by atoms with Gasteiger partial charge in [0.1, 0.15) is 0 Å². The van der Waals surface area contributed by atoms with Crippen LogP contribution in [-0.2, 0) is 6.18 Å². The third-order valence-electron chi connectivity index (χ3n) is 4.05. The quantitative estimate of drug-likeness (QED) is 0.505. The first kappa shape index (κ1) is 16.0. The Morgan fingerprint density at radius 2 is 1.92 bits per heavy atom. The maximum Gasteiger partial charge on any atom is 0.416 e. The van der Waals surface area contributed by atoms with E-state index < -0.39 is 11.7 Å². The average Bonchev–Trinajstić information content (AvgIpc) is 3.21. The summed E-state index contributed by atoms with van der Waals surface area (Å²) >= 11 is 0. The third-order valence-corrected chi connectivity index (χ3v) is 4.05. The molecule has 132 valence electrons. The van der Waals surface area contributed by atoms with Gasteiger partial charge in [0.25, 0.3) is 0 Å². The number of anilines is 1. The van der Waals surface area contributed by atoms with Crippen molar-refractivity contribution >= 4 is 17.1 Å². The molecule has 0 atom stereocenters. The molecule has 0 spiro atoms. The second-order valence-electron chi connectivity index (χ2n) is 5.59. The molecule has 0 aliphatic heterocycles. The Labute approximate surface area is 143 Å². The predicted molar refractivity (Wildman–Crippen MR) is 86.6 cm³/mol. The SMILES string of the molecule is Cc1c(C(F)(F)F)ccc(-c2ccnc3nc(N)[nH]c23)c1-c1nnn[nH]1. The van der Waals surface area contributed by atoms with Gasteiger partial charge in [-0.3, -0.25) is 0 Å². The highest BCUT2D eigenvalue weighted by molar-refractivity contribution is 5.96. The van der Waals surface area contributed by atoms with Gasteiger partial charge in [-0.2, -0.15) is 18.2 Å². The van der Waals surface area contributed by atoms with E-state index in [1.807, 2.05) is 0 Å². The zero-order valence-corrected chi connectivity index (χ0v) is 13.3. The van der Waals surface area contributed by atoms with Crippen LogP contribution in [0.4, 0.5) is 19.1 Å². The predicted octanol–water partition coefficient (Wildman–Crippen LogP) is 2.71. The average molecular weight is 360 g/mol. The first-order valence-electron chi connectivity index (χ1n) is 7.41. The van der Waals surface area contributed by atoms with Gasteiger partial charge in [-0.1, -0.05) is 6.07 Å². The number of pyridine rings is 1. The van der Waals surface area contributed by atoms with E-state index in [9.17, 15) is 13.2 Å². The number of nitrogens with one attached hydrogen (secondary N) is 2. The zero-order chi connectivity index (χ0) is 18.5. The first-order chi connectivity index (χ1) is 12.4. The summed E-state index contributed by atoms with van der Waals surface area (Å²) in [4.78, 5) is 11.0. The van der Waals surface area contributed by atoms with Crippen LogP contribution < -0.4 is 5.73 Å². The van der Waals surface area contributed by atoms with Gasteiger partial charge in [0.05, 0.1) is 11.1 Å². The monoisotopic (exact) mass is 360 g/mol. The second-order valence-corrected chi connectivity index (χ2v) is 5.59. The van der Waals surface area contributed by atoms with E-state index >= 15 is 0 Å². The van der Waals surface area contributed by atoms with Crippen LogP contribution in [0.3, 0.4) is 0 Å². The van der Waals surface area contributed by atoms with Crippen molar-refractivity contribution in [2.45, 2.75) is 13.1 Å². The molecule has 0 saturated carbocycles. The normalized spacial score (nSPS) is 12.0. The molecule has 4 rings (SSSR count). The van der Waals surface area contributed by atoms with Gasteiger partial charge in [0, 0.05) is 17.3 Å². The largest absolute Gasteiger partial charge is 0.416 e. The van der Waals surface area contributed by atoms with Crippen molar-refractivity contribution in [3.05, 3.63) is 35.5 Å². The number of nitrogens with two attached hydrogens (primary N) is 1. The fourth-order valence-electron chi connectivity index (χ4n) is 2.97. The third kappa shape index (κ3) is 2.44. The van der Waals surface area contributed by atoms with Crippen molar-refractivity contribution in [1.82, 2.24) is 35.6 Å². The van der Waals surface area contributed by atoms with Gasteiger partial charge in [-0.05, 0) is 40.6 Å². The minimum Gasteiger partial charge on any atom is -0.369 e. The topological polar surface area (TPSA) is 122 Å². The van der Waals surface area contributed by atoms with Gasteiger partial charge in [-0.25, -0.2) is 10.1 Å².